The molecule has 2 N–H and O–H groups in total. The minimum atomic E-state index is 0.264. The summed E-state index contributed by atoms with van der Waals surface area (Å²) in [6.07, 6.45) is 2.51. The lowest BCUT2D eigenvalue weighted by Crippen LogP contribution is -2.40. The first-order valence-corrected chi connectivity index (χ1v) is 7.44. The molecule has 112 valence electrons. The Labute approximate surface area is 121 Å². The fourth-order valence-electron chi connectivity index (χ4n) is 2.73. The van der Waals surface area contributed by atoms with Gasteiger partial charge in [-0.25, -0.2) is 0 Å². The molecule has 0 aromatic heterocycles. The Kier molecular flexibility index (Phi) is 5.26. The van der Waals surface area contributed by atoms with E-state index in [-0.39, 0.29) is 5.75 Å². The maximum absolute atomic E-state index is 10.2. The quantitative estimate of drug-likeness (QED) is 0.838. The number of nitrogens with zero attached hydrogens (tertiary/aromatic N) is 1. The first-order valence-electron chi connectivity index (χ1n) is 7.44. The highest BCUT2D eigenvalue weighted by atomic mass is 16.5. The molecule has 0 amide bonds. The van der Waals surface area contributed by atoms with Crippen LogP contribution in [0, 0.1) is 0 Å². The van der Waals surface area contributed by atoms with Gasteiger partial charge >= 0.3 is 0 Å². The fraction of sp³-hybridized carbons (Fsp3) is 0.625. The van der Waals surface area contributed by atoms with Crippen LogP contribution in [-0.2, 0) is 6.54 Å². The van der Waals surface area contributed by atoms with Crippen LogP contribution in [0.3, 0.4) is 0 Å². The van der Waals surface area contributed by atoms with Crippen LogP contribution in [0.4, 0.5) is 0 Å². The molecule has 1 aliphatic heterocycles. The maximum atomic E-state index is 10.2. The Hall–Kier alpha value is -1.26. The maximum Gasteiger partial charge on any atom is 0.162 e. The third-order valence-electron chi connectivity index (χ3n) is 4.02. The van der Waals surface area contributed by atoms with Crippen LogP contribution in [-0.4, -0.2) is 42.3 Å². The number of para-hydroxylation sites is 1. The van der Waals surface area contributed by atoms with Gasteiger partial charge in [0.1, 0.15) is 0 Å². The van der Waals surface area contributed by atoms with E-state index in [4.69, 9.17) is 4.74 Å². The van der Waals surface area contributed by atoms with E-state index < -0.39 is 0 Å². The van der Waals surface area contributed by atoms with Crippen LogP contribution in [0.1, 0.15) is 32.3 Å². The first kappa shape index (κ1) is 15.1. The molecule has 1 saturated heterocycles. The van der Waals surface area contributed by atoms with Gasteiger partial charge in [-0.15, -0.1) is 0 Å². The normalized spacial score (nSPS) is 18.9. The summed E-state index contributed by atoms with van der Waals surface area (Å²) in [5.41, 5.74) is 0.927. The molecule has 20 heavy (non-hydrogen) atoms. The molecule has 0 bridgehead atoms. The molecule has 0 aliphatic carbocycles. The zero-order valence-electron chi connectivity index (χ0n) is 12.7. The Morgan fingerprint density at radius 3 is 2.85 bits per heavy atom. The molecule has 1 unspecified atom stereocenters. The van der Waals surface area contributed by atoms with E-state index >= 15 is 0 Å². The van der Waals surface area contributed by atoms with Crippen molar-refractivity contribution in [1.82, 2.24) is 10.2 Å². The molecule has 4 heteroatoms. The van der Waals surface area contributed by atoms with E-state index in [1.165, 1.54) is 12.8 Å². The summed E-state index contributed by atoms with van der Waals surface area (Å²) < 4.78 is 5.18. The number of phenols is 1. The second-order valence-electron chi connectivity index (χ2n) is 5.78. The third-order valence-corrected chi connectivity index (χ3v) is 4.02. The van der Waals surface area contributed by atoms with Crippen molar-refractivity contribution in [2.24, 2.45) is 0 Å². The number of phenolic OH excluding ortho intramolecular Hbond substituents is 1. The van der Waals surface area contributed by atoms with Gasteiger partial charge in [0, 0.05) is 30.7 Å². The number of rotatable bonds is 6. The second-order valence-corrected chi connectivity index (χ2v) is 5.78. The topological polar surface area (TPSA) is 44.7 Å². The molecule has 0 radical (unpaired) electrons. The van der Waals surface area contributed by atoms with Crippen molar-refractivity contribution < 1.29 is 9.84 Å². The van der Waals surface area contributed by atoms with Gasteiger partial charge in [-0.2, -0.15) is 0 Å². The molecular formula is C16H26N2O2. The van der Waals surface area contributed by atoms with Crippen LogP contribution in [0.25, 0.3) is 0 Å². The Bertz CT molecular complexity index is 428. The highest BCUT2D eigenvalue weighted by molar-refractivity contribution is 5.45. The lowest BCUT2D eigenvalue weighted by molar-refractivity contribution is 0.191. The van der Waals surface area contributed by atoms with Crippen molar-refractivity contribution in [2.45, 2.75) is 45.3 Å². The van der Waals surface area contributed by atoms with E-state index in [9.17, 15) is 5.11 Å². The molecule has 1 fully saturated rings. The lowest BCUT2D eigenvalue weighted by atomic mass is 10.1. The number of benzene rings is 1. The minimum absolute atomic E-state index is 0.264. The number of ether oxygens (including phenoxy) is 1. The lowest BCUT2D eigenvalue weighted by Gasteiger charge is -2.29. The van der Waals surface area contributed by atoms with E-state index in [0.29, 0.717) is 17.8 Å². The summed E-state index contributed by atoms with van der Waals surface area (Å²) in [4.78, 5) is 2.40. The summed E-state index contributed by atoms with van der Waals surface area (Å²) in [7, 11) is 1.58. The molecule has 1 atom stereocenters. The van der Waals surface area contributed by atoms with Crippen LogP contribution in [0.5, 0.6) is 11.5 Å². The number of methoxy groups -OCH3 is 1. The van der Waals surface area contributed by atoms with E-state index in [1.807, 2.05) is 12.1 Å². The van der Waals surface area contributed by atoms with E-state index in [1.54, 1.807) is 13.2 Å². The highest BCUT2D eigenvalue weighted by Crippen LogP contribution is 2.30. The number of hydrogen-bond donors (Lipinski definition) is 2. The summed E-state index contributed by atoms with van der Waals surface area (Å²) >= 11 is 0. The van der Waals surface area contributed by atoms with Crippen LogP contribution >= 0.6 is 0 Å². The van der Waals surface area contributed by atoms with Gasteiger partial charge in [0.2, 0.25) is 0 Å². The molecule has 1 aromatic carbocycles. The Morgan fingerprint density at radius 1 is 1.45 bits per heavy atom. The molecular weight excluding hydrogens is 252 g/mol. The fourth-order valence-corrected chi connectivity index (χ4v) is 2.73. The van der Waals surface area contributed by atoms with Crippen molar-refractivity contribution in [3.05, 3.63) is 23.8 Å². The van der Waals surface area contributed by atoms with Gasteiger partial charge in [-0.1, -0.05) is 12.1 Å². The average Bonchev–Trinajstić information content (AvgIpc) is 2.93. The summed E-state index contributed by atoms with van der Waals surface area (Å²) in [5, 5.41) is 13.7. The summed E-state index contributed by atoms with van der Waals surface area (Å²) in [6.45, 7) is 7.30. The van der Waals surface area contributed by atoms with Gasteiger partial charge in [-0.3, -0.25) is 4.90 Å². The minimum Gasteiger partial charge on any atom is -0.504 e. The van der Waals surface area contributed by atoms with E-state index in [0.717, 1.165) is 25.2 Å². The first-order chi connectivity index (χ1) is 9.61. The number of nitrogens with one attached hydrogen (secondary N) is 1. The monoisotopic (exact) mass is 278 g/mol. The predicted octanol–water partition coefficient (Wildman–Crippen LogP) is 2.36. The van der Waals surface area contributed by atoms with Gasteiger partial charge in [0.25, 0.3) is 0 Å². The predicted molar refractivity (Wildman–Crippen MR) is 81.2 cm³/mol. The molecule has 0 spiro atoms. The molecule has 1 aromatic rings. The van der Waals surface area contributed by atoms with Crippen molar-refractivity contribution >= 4 is 0 Å². The zero-order chi connectivity index (χ0) is 14.5. The Balaban J connectivity index is 2.07. The van der Waals surface area contributed by atoms with Gasteiger partial charge < -0.3 is 15.2 Å². The zero-order valence-corrected chi connectivity index (χ0v) is 12.7. The largest absolute Gasteiger partial charge is 0.504 e. The molecule has 0 saturated carbocycles. The number of hydrogen-bond acceptors (Lipinski definition) is 4. The number of aromatic hydroxyl groups is 1. The molecule has 1 heterocycles. The summed E-state index contributed by atoms with van der Waals surface area (Å²) in [5.74, 6) is 0.810. The van der Waals surface area contributed by atoms with Crippen LogP contribution < -0.4 is 10.1 Å². The SMILES string of the molecule is COc1cccc(CN(CC2CCCN2)C(C)C)c1O. The summed E-state index contributed by atoms with van der Waals surface area (Å²) in [6, 6.07) is 6.71. The molecule has 2 rings (SSSR count). The van der Waals surface area contributed by atoms with Crippen molar-refractivity contribution in [2.75, 3.05) is 20.2 Å². The van der Waals surface area contributed by atoms with Crippen LogP contribution in [0.15, 0.2) is 18.2 Å². The van der Waals surface area contributed by atoms with Gasteiger partial charge in [0.05, 0.1) is 7.11 Å². The average molecular weight is 278 g/mol. The molecule has 1 aliphatic rings. The highest BCUT2D eigenvalue weighted by Gasteiger charge is 2.21. The van der Waals surface area contributed by atoms with Crippen molar-refractivity contribution in [3.63, 3.8) is 0 Å². The van der Waals surface area contributed by atoms with E-state index in [2.05, 4.69) is 24.1 Å². The van der Waals surface area contributed by atoms with Gasteiger partial charge in [0.15, 0.2) is 11.5 Å². The standard InChI is InChI=1S/C16H26N2O2/c1-12(2)18(11-14-7-5-9-17-14)10-13-6-4-8-15(20-3)16(13)19/h4,6,8,12,14,17,19H,5,7,9-11H2,1-3H3. The van der Waals surface area contributed by atoms with Crippen molar-refractivity contribution in [1.29, 1.82) is 0 Å². The van der Waals surface area contributed by atoms with Gasteiger partial charge in [-0.05, 0) is 39.3 Å². The Morgan fingerprint density at radius 2 is 2.25 bits per heavy atom. The second kappa shape index (κ2) is 6.95. The smallest absolute Gasteiger partial charge is 0.162 e. The molecule has 4 nitrogen and oxygen atoms in total. The van der Waals surface area contributed by atoms with Crippen molar-refractivity contribution in [3.8, 4) is 11.5 Å². The third kappa shape index (κ3) is 3.64. The van der Waals surface area contributed by atoms with Crippen LogP contribution in [0.2, 0.25) is 0 Å².